The lowest BCUT2D eigenvalue weighted by Crippen LogP contribution is -2.20. The molecule has 17 heavy (non-hydrogen) atoms. The van der Waals surface area contributed by atoms with Gasteiger partial charge in [0.05, 0.1) is 13.2 Å². The highest BCUT2D eigenvalue weighted by Gasteiger charge is 2.34. The third kappa shape index (κ3) is 4.18. The summed E-state index contributed by atoms with van der Waals surface area (Å²) in [5, 5.41) is 2.12. The molecule has 1 aromatic carbocycles. The van der Waals surface area contributed by atoms with E-state index in [1.54, 1.807) is 18.2 Å². The number of nitrogens with one attached hydrogen (secondary N) is 1. The molecule has 1 rings (SSSR count). The van der Waals surface area contributed by atoms with Crippen molar-refractivity contribution in [2.75, 3.05) is 12.4 Å². The highest BCUT2D eigenvalue weighted by Crippen LogP contribution is 2.26. The van der Waals surface area contributed by atoms with Crippen LogP contribution in [0, 0.1) is 0 Å². The molecule has 0 spiro atoms. The SMILES string of the molecule is COC(=O)/C=C(/Nc1ccccc1)C(F)(F)F. The largest absolute Gasteiger partial charge is 0.466 e. The van der Waals surface area contributed by atoms with Gasteiger partial charge in [0.15, 0.2) is 0 Å². The van der Waals surface area contributed by atoms with Gasteiger partial charge in [0, 0.05) is 5.69 Å². The minimum Gasteiger partial charge on any atom is -0.466 e. The summed E-state index contributed by atoms with van der Waals surface area (Å²) in [5.41, 5.74) is -0.935. The van der Waals surface area contributed by atoms with E-state index in [2.05, 4.69) is 10.1 Å². The summed E-state index contributed by atoms with van der Waals surface area (Å²) in [4.78, 5) is 10.8. The van der Waals surface area contributed by atoms with Gasteiger partial charge in [0.2, 0.25) is 0 Å². The standard InChI is InChI=1S/C11H10F3NO2/c1-17-10(16)7-9(11(12,13)14)15-8-5-3-2-4-6-8/h2-7,15H,1H3/b9-7+. The van der Waals surface area contributed by atoms with E-state index in [-0.39, 0.29) is 5.69 Å². The van der Waals surface area contributed by atoms with Crippen molar-refractivity contribution >= 4 is 11.7 Å². The number of halogens is 3. The summed E-state index contributed by atoms with van der Waals surface area (Å²) in [6.07, 6.45) is -4.28. The predicted molar refractivity (Wildman–Crippen MR) is 56.2 cm³/mol. The van der Waals surface area contributed by atoms with Gasteiger partial charge in [0.25, 0.3) is 0 Å². The molecular formula is C11H10F3NO2. The average molecular weight is 245 g/mol. The predicted octanol–water partition coefficient (Wildman–Crippen LogP) is 2.72. The first-order valence-corrected chi connectivity index (χ1v) is 4.62. The molecule has 0 amide bonds. The second-order valence-electron chi connectivity index (χ2n) is 3.07. The molecule has 1 N–H and O–H groups in total. The molecule has 1 aromatic rings. The van der Waals surface area contributed by atoms with Crippen LogP contribution < -0.4 is 5.32 Å². The Hall–Kier alpha value is -1.98. The second kappa shape index (κ2) is 5.38. The number of carbonyl (C=O) groups is 1. The van der Waals surface area contributed by atoms with Gasteiger partial charge < -0.3 is 10.1 Å². The maximum absolute atomic E-state index is 12.6. The zero-order valence-corrected chi connectivity index (χ0v) is 8.91. The van der Waals surface area contributed by atoms with Crippen LogP contribution in [0.1, 0.15) is 0 Å². The topological polar surface area (TPSA) is 38.3 Å². The number of ether oxygens (including phenoxy) is 1. The summed E-state index contributed by atoms with van der Waals surface area (Å²) in [6.45, 7) is 0. The molecule has 0 bridgehead atoms. The highest BCUT2D eigenvalue weighted by molar-refractivity contribution is 5.83. The molecule has 0 saturated heterocycles. The maximum Gasteiger partial charge on any atom is 0.431 e. The lowest BCUT2D eigenvalue weighted by atomic mass is 10.3. The highest BCUT2D eigenvalue weighted by atomic mass is 19.4. The molecule has 0 unspecified atom stereocenters. The lowest BCUT2D eigenvalue weighted by Gasteiger charge is -2.13. The Morgan fingerprint density at radius 3 is 2.35 bits per heavy atom. The van der Waals surface area contributed by atoms with Crippen LogP contribution in [0.15, 0.2) is 42.1 Å². The van der Waals surface area contributed by atoms with Crippen LogP contribution >= 0.6 is 0 Å². The molecule has 0 heterocycles. The van der Waals surface area contributed by atoms with E-state index in [1.165, 1.54) is 12.1 Å². The second-order valence-corrected chi connectivity index (χ2v) is 3.07. The summed E-state index contributed by atoms with van der Waals surface area (Å²) in [6, 6.07) is 7.74. The molecule has 0 aliphatic rings. The van der Waals surface area contributed by atoms with E-state index in [0.29, 0.717) is 6.08 Å². The number of alkyl halides is 3. The summed E-state index contributed by atoms with van der Waals surface area (Å²) < 4.78 is 41.8. The van der Waals surface area contributed by atoms with Gasteiger partial charge in [-0.05, 0) is 12.1 Å². The molecule has 0 aliphatic carbocycles. The van der Waals surface area contributed by atoms with Gasteiger partial charge in [-0.3, -0.25) is 0 Å². The average Bonchev–Trinajstić information content (AvgIpc) is 2.28. The molecule has 0 fully saturated rings. The van der Waals surface area contributed by atoms with Crippen molar-refractivity contribution in [2.24, 2.45) is 0 Å². The van der Waals surface area contributed by atoms with E-state index in [9.17, 15) is 18.0 Å². The van der Waals surface area contributed by atoms with E-state index < -0.39 is 17.8 Å². The Bertz CT molecular complexity index is 412. The van der Waals surface area contributed by atoms with Crippen molar-refractivity contribution in [2.45, 2.75) is 6.18 Å². The van der Waals surface area contributed by atoms with Crippen LogP contribution in [-0.2, 0) is 9.53 Å². The molecule has 0 radical (unpaired) electrons. The first kappa shape index (κ1) is 13.1. The smallest absolute Gasteiger partial charge is 0.431 e. The van der Waals surface area contributed by atoms with Gasteiger partial charge in [-0.15, -0.1) is 0 Å². The van der Waals surface area contributed by atoms with Gasteiger partial charge in [-0.2, -0.15) is 13.2 Å². The Kier molecular flexibility index (Phi) is 4.14. The lowest BCUT2D eigenvalue weighted by molar-refractivity contribution is -0.135. The summed E-state index contributed by atoms with van der Waals surface area (Å²) in [7, 11) is 1.01. The number of allylic oxidation sites excluding steroid dienone is 1. The molecule has 0 aliphatic heterocycles. The number of para-hydroxylation sites is 1. The normalized spacial score (nSPS) is 12.1. The first-order valence-electron chi connectivity index (χ1n) is 4.62. The third-order valence-electron chi connectivity index (χ3n) is 1.82. The van der Waals surface area contributed by atoms with E-state index >= 15 is 0 Å². The minimum atomic E-state index is -4.65. The van der Waals surface area contributed by atoms with E-state index in [1.807, 2.05) is 0 Å². The van der Waals surface area contributed by atoms with E-state index in [4.69, 9.17) is 0 Å². The van der Waals surface area contributed by atoms with Crippen molar-refractivity contribution in [3.05, 3.63) is 42.1 Å². The Balaban J connectivity index is 2.94. The van der Waals surface area contributed by atoms with Crippen LogP contribution in [0.2, 0.25) is 0 Å². The van der Waals surface area contributed by atoms with Crippen LogP contribution in [0.3, 0.4) is 0 Å². The molecule has 0 atom stereocenters. The van der Waals surface area contributed by atoms with Gasteiger partial charge >= 0.3 is 12.1 Å². The monoisotopic (exact) mass is 245 g/mol. The van der Waals surface area contributed by atoms with Crippen molar-refractivity contribution in [1.82, 2.24) is 0 Å². The number of rotatable bonds is 3. The number of anilines is 1. The third-order valence-corrected chi connectivity index (χ3v) is 1.82. The fourth-order valence-electron chi connectivity index (χ4n) is 1.04. The van der Waals surface area contributed by atoms with Crippen molar-refractivity contribution in [3.63, 3.8) is 0 Å². The number of esters is 1. The van der Waals surface area contributed by atoms with E-state index in [0.717, 1.165) is 7.11 Å². The van der Waals surface area contributed by atoms with Crippen molar-refractivity contribution in [3.8, 4) is 0 Å². The first-order chi connectivity index (χ1) is 7.93. The quantitative estimate of drug-likeness (QED) is 0.657. The molecule has 0 aromatic heterocycles. The van der Waals surface area contributed by atoms with Crippen LogP contribution in [0.4, 0.5) is 18.9 Å². The Labute approximate surface area is 95.9 Å². The minimum absolute atomic E-state index is 0.236. The van der Waals surface area contributed by atoms with Crippen molar-refractivity contribution in [1.29, 1.82) is 0 Å². The van der Waals surface area contributed by atoms with Gasteiger partial charge in [0.1, 0.15) is 5.70 Å². The number of carbonyl (C=O) groups excluding carboxylic acids is 1. The molecule has 3 nitrogen and oxygen atoms in total. The zero-order valence-electron chi connectivity index (χ0n) is 8.91. The van der Waals surface area contributed by atoms with Crippen molar-refractivity contribution < 1.29 is 22.7 Å². The number of hydrogen-bond acceptors (Lipinski definition) is 3. The van der Waals surface area contributed by atoms with Crippen LogP contribution in [0.25, 0.3) is 0 Å². The molecule has 92 valence electrons. The molecule has 0 saturated carbocycles. The number of hydrogen-bond donors (Lipinski definition) is 1. The summed E-state index contributed by atoms with van der Waals surface area (Å²) >= 11 is 0. The number of benzene rings is 1. The fraction of sp³-hybridized carbons (Fsp3) is 0.182. The summed E-state index contributed by atoms with van der Waals surface area (Å²) in [5.74, 6) is -1.07. The fourth-order valence-corrected chi connectivity index (χ4v) is 1.04. The zero-order chi connectivity index (χ0) is 12.9. The van der Waals surface area contributed by atoms with Gasteiger partial charge in [-0.1, -0.05) is 18.2 Å². The van der Waals surface area contributed by atoms with Gasteiger partial charge in [-0.25, -0.2) is 4.79 Å². The van der Waals surface area contributed by atoms with Crippen LogP contribution in [-0.4, -0.2) is 19.3 Å². The number of methoxy groups -OCH3 is 1. The van der Waals surface area contributed by atoms with Crippen LogP contribution in [0.5, 0.6) is 0 Å². The molecule has 6 heteroatoms. The molecular weight excluding hydrogens is 235 g/mol. The maximum atomic E-state index is 12.6. The Morgan fingerprint density at radius 1 is 1.29 bits per heavy atom. The Morgan fingerprint density at radius 2 is 1.88 bits per heavy atom.